The number of hydrogen-bond acceptors (Lipinski definition) is 8. The van der Waals surface area contributed by atoms with Crippen molar-refractivity contribution in [2.24, 2.45) is 0 Å². The SMILES string of the molecule is COc1ccc(C(OC[C@H]2S[C@@H](n3ccc(=O)[nH]c3=O)[C@H](O[Si](C)(C)C(C)(C)C)[C@@H]2O[Si](C)(C)C(C)(C)C)(c2ccccc2)c2ccc(OC)cc2)cc1. The first kappa shape index (κ1) is 41.8. The lowest BCUT2D eigenvalue weighted by Crippen LogP contribution is -2.54. The molecule has 0 bridgehead atoms. The molecule has 2 heterocycles. The largest absolute Gasteiger partial charge is 0.497 e. The van der Waals surface area contributed by atoms with E-state index in [9.17, 15) is 9.59 Å². The van der Waals surface area contributed by atoms with Gasteiger partial charge in [0.2, 0.25) is 0 Å². The van der Waals surface area contributed by atoms with Crippen molar-refractivity contribution in [3.05, 3.63) is 129 Å². The lowest BCUT2D eigenvalue weighted by Gasteiger charge is -2.45. The lowest BCUT2D eigenvalue weighted by molar-refractivity contribution is -0.0200. The number of H-pyrrole nitrogens is 1. The highest BCUT2D eigenvalue weighted by Crippen LogP contribution is 2.52. The Hall–Kier alpha value is -3.40. The Bertz CT molecular complexity index is 1920. The summed E-state index contributed by atoms with van der Waals surface area (Å²) in [5.41, 5.74) is 0.824. The van der Waals surface area contributed by atoms with E-state index in [1.54, 1.807) is 36.7 Å². The van der Waals surface area contributed by atoms with Crippen LogP contribution in [0.1, 0.15) is 63.6 Å². The molecule has 4 atom stereocenters. The van der Waals surface area contributed by atoms with Gasteiger partial charge in [0.05, 0.1) is 32.2 Å². The fourth-order valence-electron chi connectivity index (χ4n) is 6.28. The summed E-state index contributed by atoms with van der Waals surface area (Å²) in [4.78, 5) is 28.3. The normalized spacial score (nSPS) is 19.9. The lowest BCUT2D eigenvalue weighted by atomic mass is 9.80. The average Bonchev–Trinajstić information content (AvgIpc) is 3.43. The van der Waals surface area contributed by atoms with Crippen LogP contribution in [0.3, 0.4) is 0 Å². The van der Waals surface area contributed by atoms with Crippen molar-refractivity contribution < 1.29 is 23.1 Å². The van der Waals surface area contributed by atoms with Crippen molar-refractivity contribution >= 4 is 28.4 Å². The summed E-state index contributed by atoms with van der Waals surface area (Å²) in [5.74, 6) is 1.48. The number of ether oxygens (including phenoxy) is 3. The van der Waals surface area contributed by atoms with Gasteiger partial charge in [-0.1, -0.05) is 96.1 Å². The first-order valence-electron chi connectivity index (χ1n) is 18.6. The van der Waals surface area contributed by atoms with Crippen LogP contribution in [0.4, 0.5) is 0 Å². The van der Waals surface area contributed by atoms with Gasteiger partial charge in [-0.05, 0) is 77.2 Å². The molecule has 1 N–H and O–H groups in total. The molecule has 12 heteroatoms. The second-order valence-electron chi connectivity index (χ2n) is 17.1. The van der Waals surface area contributed by atoms with Gasteiger partial charge in [-0.25, -0.2) is 4.79 Å². The number of nitrogens with one attached hydrogen (secondary N) is 1. The first-order valence-corrected chi connectivity index (χ1v) is 25.3. The van der Waals surface area contributed by atoms with E-state index in [2.05, 4.69) is 84.8 Å². The minimum atomic E-state index is -2.43. The van der Waals surface area contributed by atoms with Crippen LogP contribution >= 0.6 is 11.8 Å². The van der Waals surface area contributed by atoms with Crippen molar-refractivity contribution in [1.29, 1.82) is 0 Å². The molecule has 4 aromatic rings. The van der Waals surface area contributed by atoms with Crippen molar-refractivity contribution in [2.75, 3.05) is 20.8 Å². The molecule has 9 nitrogen and oxygen atoms in total. The van der Waals surface area contributed by atoms with Crippen LogP contribution in [0.2, 0.25) is 36.3 Å². The van der Waals surface area contributed by atoms with Gasteiger partial charge in [-0.3, -0.25) is 14.3 Å². The second kappa shape index (κ2) is 16.0. The van der Waals surface area contributed by atoms with Gasteiger partial charge < -0.3 is 23.1 Å². The average molecular weight is 791 g/mol. The quantitative estimate of drug-likeness (QED) is 0.106. The zero-order chi connectivity index (χ0) is 39.7. The molecule has 1 aromatic heterocycles. The summed E-state index contributed by atoms with van der Waals surface area (Å²) in [7, 11) is -1.54. The summed E-state index contributed by atoms with van der Waals surface area (Å²) in [6.07, 6.45) is 0.639. The molecule has 292 valence electrons. The molecule has 0 amide bonds. The minimum Gasteiger partial charge on any atom is -0.497 e. The van der Waals surface area contributed by atoms with Gasteiger partial charge >= 0.3 is 5.69 Å². The van der Waals surface area contributed by atoms with E-state index >= 15 is 0 Å². The fourth-order valence-corrected chi connectivity index (χ4v) is 10.6. The van der Waals surface area contributed by atoms with Gasteiger partial charge in [0, 0.05) is 12.3 Å². The van der Waals surface area contributed by atoms with Crippen LogP contribution in [-0.4, -0.2) is 64.5 Å². The number of benzene rings is 3. The molecule has 1 saturated heterocycles. The number of aromatic nitrogens is 2. The zero-order valence-corrected chi connectivity index (χ0v) is 36.7. The number of rotatable bonds is 13. The Morgan fingerprint density at radius 3 is 1.57 bits per heavy atom. The number of thioether (sulfide) groups is 1. The molecule has 1 aliphatic heterocycles. The molecule has 5 rings (SSSR count). The third-order valence-corrected chi connectivity index (χ3v) is 22.0. The van der Waals surface area contributed by atoms with Gasteiger partial charge in [-0.2, -0.15) is 0 Å². The Balaban J connectivity index is 1.70. The van der Waals surface area contributed by atoms with E-state index < -0.39 is 51.1 Å². The van der Waals surface area contributed by atoms with Crippen LogP contribution in [-0.2, 0) is 19.2 Å². The molecular weight excluding hydrogens is 733 g/mol. The van der Waals surface area contributed by atoms with Gasteiger partial charge in [-0.15, -0.1) is 11.8 Å². The van der Waals surface area contributed by atoms with Crippen molar-refractivity contribution in [3.8, 4) is 11.5 Å². The van der Waals surface area contributed by atoms with E-state index in [0.717, 1.165) is 28.2 Å². The van der Waals surface area contributed by atoms with E-state index in [4.69, 9.17) is 23.1 Å². The maximum atomic E-state index is 13.5. The maximum Gasteiger partial charge on any atom is 0.329 e. The maximum absolute atomic E-state index is 13.5. The Morgan fingerprint density at radius 2 is 1.13 bits per heavy atom. The highest BCUT2D eigenvalue weighted by molar-refractivity contribution is 8.00. The van der Waals surface area contributed by atoms with Crippen LogP contribution in [0.5, 0.6) is 11.5 Å². The topological polar surface area (TPSA) is 101 Å². The Labute approximate surface area is 327 Å². The molecule has 0 spiro atoms. The molecule has 0 saturated carbocycles. The summed E-state index contributed by atoms with van der Waals surface area (Å²) in [6.45, 7) is 22.5. The van der Waals surface area contributed by atoms with Crippen molar-refractivity contribution in [2.45, 2.75) is 106 Å². The van der Waals surface area contributed by atoms with Crippen LogP contribution in [0.15, 0.2) is 101 Å². The molecule has 0 unspecified atom stereocenters. The van der Waals surface area contributed by atoms with Crippen molar-refractivity contribution in [1.82, 2.24) is 9.55 Å². The smallest absolute Gasteiger partial charge is 0.329 e. The van der Waals surface area contributed by atoms with Crippen molar-refractivity contribution in [3.63, 3.8) is 0 Å². The number of nitrogens with zero attached hydrogens (tertiary/aromatic N) is 1. The van der Waals surface area contributed by atoms with E-state index in [0.29, 0.717) is 0 Å². The van der Waals surface area contributed by atoms with Gasteiger partial charge in [0.1, 0.15) is 28.6 Å². The Morgan fingerprint density at radius 1 is 0.667 bits per heavy atom. The molecular formula is C42H58N2O7SSi2. The van der Waals surface area contributed by atoms with Crippen LogP contribution < -0.4 is 20.7 Å². The summed E-state index contributed by atoms with van der Waals surface area (Å²) >= 11 is 1.61. The first-order chi connectivity index (χ1) is 25.2. The summed E-state index contributed by atoms with van der Waals surface area (Å²) < 4.78 is 35.0. The monoisotopic (exact) mass is 790 g/mol. The Kier molecular flexibility index (Phi) is 12.4. The van der Waals surface area contributed by atoms with Crippen LogP contribution in [0, 0.1) is 0 Å². The van der Waals surface area contributed by atoms with Gasteiger partial charge in [0.15, 0.2) is 16.6 Å². The second-order valence-corrected chi connectivity index (χ2v) is 28.0. The van der Waals surface area contributed by atoms with E-state index in [-0.39, 0.29) is 21.9 Å². The zero-order valence-electron chi connectivity index (χ0n) is 33.9. The van der Waals surface area contributed by atoms with Crippen LogP contribution in [0.25, 0.3) is 0 Å². The van der Waals surface area contributed by atoms with Gasteiger partial charge in [0.25, 0.3) is 5.56 Å². The predicted octanol–water partition coefficient (Wildman–Crippen LogP) is 8.96. The standard InChI is InChI=1S/C42H58N2O7SSi2/c1-40(2,3)53(9,10)50-36-34(52-38(44-27-26-35(45)43-39(44)46)37(36)51-54(11,12)41(4,5)6)28-49-42(29-16-14-13-15-17-29,30-18-22-32(47-7)23-19-30)31-20-24-33(48-8)25-21-31/h13-27,34,36-38H,28H2,1-12H3,(H,43,45,46)/t34-,36-,37-,38-/m1/s1. The number of hydrogen-bond donors (Lipinski definition) is 1. The minimum absolute atomic E-state index is 0.0997. The fraction of sp³-hybridized carbons (Fsp3) is 0.476. The summed E-state index contributed by atoms with van der Waals surface area (Å²) in [6, 6.07) is 27.6. The number of aromatic amines is 1. The molecule has 0 aliphatic carbocycles. The highest BCUT2D eigenvalue weighted by atomic mass is 32.2. The summed E-state index contributed by atoms with van der Waals surface area (Å²) in [5, 5.41) is -0.964. The molecule has 1 aliphatic rings. The van der Waals surface area contributed by atoms with E-state index in [1.165, 1.54) is 6.07 Å². The third-order valence-electron chi connectivity index (χ3n) is 11.5. The predicted molar refractivity (Wildman–Crippen MR) is 224 cm³/mol. The molecule has 1 fully saturated rings. The molecule has 3 aromatic carbocycles. The number of methoxy groups -OCH3 is 2. The molecule has 54 heavy (non-hydrogen) atoms. The highest BCUT2D eigenvalue weighted by Gasteiger charge is 2.55. The molecule has 0 radical (unpaired) electrons. The van der Waals surface area contributed by atoms with E-state index in [1.807, 2.05) is 66.7 Å². The third kappa shape index (κ3) is 8.53.